The standard InChI is InChI=1S/3Ca.H3O4P.H2O4S.6H/c;;;2*1-5(2,3)4;;;;;;/h;;;(H3,1,2,3,4);(H2,1,2,3,4);;;;;;/q3*+2;;;6*-1. The summed E-state index contributed by atoms with van der Waals surface area (Å²) < 4.78 is 40.5. The van der Waals surface area contributed by atoms with Crippen molar-refractivity contribution in [3.8, 4) is 0 Å². The van der Waals surface area contributed by atoms with Gasteiger partial charge in [-0.05, 0) is 0 Å². The van der Waals surface area contributed by atoms with Crippen molar-refractivity contribution < 1.29 is 45.3 Å². The zero-order chi connectivity index (χ0) is 9.00. The van der Waals surface area contributed by atoms with Crippen LogP contribution in [0.3, 0.4) is 0 Å². The normalized spacial score (nSPS) is 9.00. The molecule has 13 heteroatoms. The molecule has 0 heterocycles. The van der Waals surface area contributed by atoms with Crippen LogP contribution in [0.2, 0.25) is 0 Å². The van der Waals surface area contributed by atoms with Crippen LogP contribution in [-0.2, 0) is 15.0 Å². The van der Waals surface area contributed by atoms with Gasteiger partial charge in [0.25, 0.3) is 0 Å². The van der Waals surface area contributed by atoms with Crippen LogP contribution < -0.4 is 0 Å². The third-order valence-corrected chi connectivity index (χ3v) is 0. The van der Waals surface area contributed by atoms with Gasteiger partial charge in [0.15, 0.2) is 0 Å². The van der Waals surface area contributed by atoms with Crippen LogP contribution in [0.5, 0.6) is 0 Å². The summed E-state index contributed by atoms with van der Waals surface area (Å²) >= 11 is 0. The molecule has 0 aliphatic heterocycles. The fourth-order valence-corrected chi connectivity index (χ4v) is 0. The molecule has 0 saturated carbocycles. The summed E-state index contributed by atoms with van der Waals surface area (Å²) in [5.41, 5.74) is 0. The Morgan fingerprint density at radius 1 is 0.923 bits per heavy atom. The van der Waals surface area contributed by atoms with E-state index in [1.807, 2.05) is 0 Å². The van der Waals surface area contributed by atoms with E-state index in [1.165, 1.54) is 0 Å². The number of hydrogen-bond acceptors (Lipinski definition) is 3. The van der Waals surface area contributed by atoms with Crippen molar-refractivity contribution in [1.82, 2.24) is 0 Å². The molecule has 0 fully saturated rings. The minimum atomic E-state index is -4.67. The third-order valence-electron chi connectivity index (χ3n) is 0. The second-order valence-electron chi connectivity index (χ2n) is 0.961. The van der Waals surface area contributed by atoms with E-state index in [4.69, 9.17) is 36.8 Å². The Kier molecular flexibility index (Phi) is 32.0. The molecule has 0 amide bonds. The Morgan fingerprint density at radius 3 is 0.923 bits per heavy atom. The van der Waals surface area contributed by atoms with Gasteiger partial charge in [0.1, 0.15) is 0 Å². The van der Waals surface area contributed by atoms with Gasteiger partial charge in [-0.15, -0.1) is 0 Å². The van der Waals surface area contributed by atoms with Crippen LogP contribution in [0.4, 0.5) is 0 Å². The fraction of sp³-hybridized carbons (Fsp3) is 0. The minimum Gasteiger partial charge on any atom is -1.00 e. The molecule has 0 aromatic heterocycles. The molecule has 0 atom stereocenters. The van der Waals surface area contributed by atoms with Crippen molar-refractivity contribution >= 4 is 131 Å². The predicted molar refractivity (Wildman–Crippen MR) is 52.4 cm³/mol. The van der Waals surface area contributed by atoms with Crippen LogP contribution in [0, 0.1) is 0 Å². The molecule has 0 aliphatic rings. The quantitative estimate of drug-likeness (QED) is 0.194. The molecule has 8 nitrogen and oxygen atoms in total. The van der Waals surface area contributed by atoms with Gasteiger partial charge in [0.2, 0.25) is 0 Å². The molecule has 0 unspecified atom stereocenters. The molecular formula is H11Ca3O8PS. The number of phosphoric acid groups is 1. The Labute approximate surface area is 173 Å². The second kappa shape index (κ2) is 13.8. The summed E-state index contributed by atoms with van der Waals surface area (Å²) in [4.78, 5) is 21.6. The zero-order valence-electron chi connectivity index (χ0n) is 12.4. The summed E-state index contributed by atoms with van der Waals surface area (Å²) in [5.74, 6) is 0. The summed E-state index contributed by atoms with van der Waals surface area (Å²) in [6.45, 7) is 0. The van der Waals surface area contributed by atoms with E-state index in [2.05, 4.69) is 0 Å². The van der Waals surface area contributed by atoms with Crippen molar-refractivity contribution in [1.29, 1.82) is 0 Å². The van der Waals surface area contributed by atoms with Crippen LogP contribution in [0.1, 0.15) is 8.56 Å². The van der Waals surface area contributed by atoms with Crippen LogP contribution in [-0.4, -0.2) is 145 Å². The third kappa shape index (κ3) is 211. The van der Waals surface area contributed by atoms with Gasteiger partial charge in [0.05, 0.1) is 0 Å². The number of hydrogen-bond donors (Lipinski definition) is 5. The minimum absolute atomic E-state index is 0. The first-order chi connectivity index (χ1) is 4.00. The molecule has 76 valence electrons. The van der Waals surface area contributed by atoms with Crippen LogP contribution in [0.25, 0.3) is 0 Å². The molecule has 0 radical (unpaired) electrons. The summed E-state index contributed by atoms with van der Waals surface area (Å²) in [6, 6.07) is 0. The van der Waals surface area contributed by atoms with Gasteiger partial charge >= 0.3 is 131 Å². The monoisotopic (exact) mass is 322 g/mol. The first kappa shape index (κ1) is 30.1. The van der Waals surface area contributed by atoms with Crippen molar-refractivity contribution in [3.05, 3.63) is 0 Å². The largest absolute Gasteiger partial charge is 2.00 e. The summed E-state index contributed by atoms with van der Waals surface area (Å²) in [7, 11) is -9.31. The summed E-state index contributed by atoms with van der Waals surface area (Å²) in [5, 5.41) is 0. The molecule has 0 aromatic rings. The molecular weight excluding hydrogens is 311 g/mol. The number of rotatable bonds is 0. The average molecular weight is 322 g/mol. The van der Waals surface area contributed by atoms with Gasteiger partial charge in [-0.25, -0.2) is 4.57 Å². The van der Waals surface area contributed by atoms with E-state index >= 15 is 0 Å². The van der Waals surface area contributed by atoms with Crippen molar-refractivity contribution in [2.75, 3.05) is 0 Å². The summed E-state index contributed by atoms with van der Waals surface area (Å²) in [6.07, 6.45) is 0. The molecule has 0 spiro atoms. The Morgan fingerprint density at radius 2 is 0.923 bits per heavy atom. The second-order valence-corrected chi connectivity index (χ2v) is 2.88. The van der Waals surface area contributed by atoms with E-state index in [0.29, 0.717) is 0 Å². The van der Waals surface area contributed by atoms with Gasteiger partial charge in [-0.1, -0.05) is 0 Å². The molecule has 13 heavy (non-hydrogen) atoms. The van der Waals surface area contributed by atoms with Crippen LogP contribution >= 0.6 is 7.82 Å². The van der Waals surface area contributed by atoms with E-state index in [1.54, 1.807) is 0 Å². The van der Waals surface area contributed by atoms with Gasteiger partial charge in [0, 0.05) is 0 Å². The Bertz CT molecular complexity index is 214. The maximum Gasteiger partial charge on any atom is 2.00 e. The van der Waals surface area contributed by atoms with Gasteiger partial charge < -0.3 is 23.2 Å². The fourth-order valence-electron chi connectivity index (χ4n) is 0. The van der Waals surface area contributed by atoms with E-state index in [-0.39, 0.29) is 122 Å². The zero-order valence-corrected chi connectivity index (χ0v) is 14.8. The van der Waals surface area contributed by atoms with E-state index < -0.39 is 18.2 Å². The molecule has 0 aliphatic carbocycles. The topological polar surface area (TPSA) is 152 Å². The predicted octanol–water partition coefficient (Wildman–Crippen LogP) is -2.05. The first-order valence-electron chi connectivity index (χ1n) is 1.48. The molecule has 0 rings (SSSR count). The van der Waals surface area contributed by atoms with Gasteiger partial charge in [-0.3, -0.25) is 9.11 Å². The smallest absolute Gasteiger partial charge is 1.00 e. The van der Waals surface area contributed by atoms with Crippen molar-refractivity contribution in [2.45, 2.75) is 0 Å². The van der Waals surface area contributed by atoms with Crippen LogP contribution in [0.15, 0.2) is 0 Å². The first-order valence-corrected chi connectivity index (χ1v) is 4.44. The maximum atomic E-state index is 8.88. The van der Waals surface area contributed by atoms with Crippen molar-refractivity contribution in [3.63, 3.8) is 0 Å². The van der Waals surface area contributed by atoms with Gasteiger partial charge in [-0.2, -0.15) is 8.42 Å². The maximum absolute atomic E-state index is 8.88. The van der Waals surface area contributed by atoms with E-state index in [9.17, 15) is 0 Å². The Balaban J connectivity index is -0.00000000508. The molecule has 5 N–H and O–H groups in total. The molecule has 0 aromatic carbocycles. The molecule has 0 bridgehead atoms. The van der Waals surface area contributed by atoms with Crippen molar-refractivity contribution in [2.24, 2.45) is 0 Å². The molecule has 0 saturated heterocycles. The van der Waals surface area contributed by atoms with E-state index in [0.717, 1.165) is 0 Å². The Hall–Kier alpha value is 3.76. The average Bonchev–Trinajstić information content (AvgIpc) is 1.12. The SMILES string of the molecule is O=P(O)(O)O.O=S(=O)(O)O.[Ca+2].[Ca+2].[Ca+2].[H-].[H-].[H-].[H-].[H-].[H-].